The summed E-state index contributed by atoms with van der Waals surface area (Å²) < 4.78 is 0. The maximum absolute atomic E-state index is 4.88. The van der Waals surface area contributed by atoms with Crippen LogP contribution in [0.4, 0.5) is 11.8 Å². The Labute approximate surface area is 145 Å². The van der Waals surface area contributed by atoms with E-state index >= 15 is 0 Å². The van der Waals surface area contributed by atoms with Crippen LogP contribution in [0.3, 0.4) is 0 Å². The number of hydrogen-bond donors (Lipinski definition) is 0. The van der Waals surface area contributed by atoms with E-state index in [9.17, 15) is 0 Å². The lowest BCUT2D eigenvalue weighted by molar-refractivity contribution is 0.434. The molecule has 1 fully saturated rings. The summed E-state index contributed by atoms with van der Waals surface area (Å²) >= 11 is 0. The molecule has 128 valence electrons. The smallest absolute Gasteiger partial charge is 0.227 e. The van der Waals surface area contributed by atoms with Gasteiger partial charge in [0.15, 0.2) is 0 Å². The van der Waals surface area contributed by atoms with Crippen molar-refractivity contribution >= 4 is 11.8 Å². The number of rotatable bonds is 5. The molecule has 1 aromatic heterocycles. The Kier molecular flexibility index (Phi) is 5.34. The molecule has 3 rings (SSSR count). The van der Waals surface area contributed by atoms with Crippen molar-refractivity contribution in [2.45, 2.75) is 46.2 Å². The third kappa shape index (κ3) is 4.05. The van der Waals surface area contributed by atoms with Crippen molar-refractivity contribution in [1.29, 1.82) is 0 Å². The molecule has 0 aliphatic carbocycles. The molecule has 0 bridgehead atoms. The van der Waals surface area contributed by atoms with Crippen LogP contribution in [0.15, 0.2) is 42.6 Å². The number of aromatic nitrogens is 2. The lowest BCUT2D eigenvalue weighted by atomic mass is 10.00. The van der Waals surface area contributed by atoms with Gasteiger partial charge in [-0.2, -0.15) is 4.98 Å². The standard InChI is InChI=1S/C20H28N4/c1-16(2)24(15-18-7-5-4-6-8-18)19-9-12-21-20(22-19)23-13-10-17(3)11-14-23/h4-9,12,16-17H,10-11,13-15H2,1-3H3. The first-order valence-electron chi connectivity index (χ1n) is 9.02. The zero-order valence-corrected chi connectivity index (χ0v) is 15.0. The Bertz CT molecular complexity index is 633. The van der Waals surface area contributed by atoms with Gasteiger partial charge >= 0.3 is 0 Å². The van der Waals surface area contributed by atoms with Gasteiger partial charge in [-0.05, 0) is 44.2 Å². The molecule has 0 amide bonds. The molecule has 0 radical (unpaired) electrons. The van der Waals surface area contributed by atoms with Crippen molar-refractivity contribution in [1.82, 2.24) is 9.97 Å². The first-order chi connectivity index (χ1) is 11.6. The highest BCUT2D eigenvalue weighted by molar-refractivity contribution is 5.45. The van der Waals surface area contributed by atoms with Gasteiger partial charge in [0.1, 0.15) is 5.82 Å². The van der Waals surface area contributed by atoms with Crippen LogP contribution in [0.2, 0.25) is 0 Å². The van der Waals surface area contributed by atoms with E-state index in [1.807, 2.05) is 12.3 Å². The first kappa shape index (κ1) is 16.7. The average molecular weight is 324 g/mol. The van der Waals surface area contributed by atoms with Crippen molar-refractivity contribution in [2.24, 2.45) is 5.92 Å². The van der Waals surface area contributed by atoms with Gasteiger partial charge in [0, 0.05) is 31.9 Å². The summed E-state index contributed by atoms with van der Waals surface area (Å²) in [6.07, 6.45) is 4.35. The van der Waals surface area contributed by atoms with Crippen molar-refractivity contribution in [2.75, 3.05) is 22.9 Å². The second kappa shape index (κ2) is 7.65. The predicted octanol–water partition coefficient (Wildman–Crippen LogP) is 4.13. The largest absolute Gasteiger partial charge is 0.350 e. The van der Waals surface area contributed by atoms with E-state index in [1.165, 1.54) is 18.4 Å². The molecule has 1 aliphatic heterocycles. The van der Waals surface area contributed by atoms with E-state index in [-0.39, 0.29) is 0 Å². The number of benzene rings is 1. The molecule has 2 aromatic rings. The van der Waals surface area contributed by atoms with E-state index in [4.69, 9.17) is 4.98 Å². The monoisotopic (exact) mass is 324 g/mol. The van der Waals surface area contributed by atoms with Crippen molar-refractivity contribution < 1.29 is 0 Å². The normalized spacial score (nSPS) is 15.8. The van der Waals surface area contributed by atoms with Gasteiger partial charge in [0.2, 0.25) is 5.95 Å². The maximum Gasteiger partial charge on any atom is 0.227 e. The van der Waals surface area contributed by atoms with Crippen LogP contribution in [0.1, 0.15) is 39.2 Å². The zero-order chi connectivity index (χ0) is 16.9. The quantitative estimate of drug-likeness (QED) is 0.828. The topological polar surface area (TPSA) is 32.3 Å². The second-order valence-corrected chi connectivity index (χ2v) is 7.09. The zero-order valence-electron chi connectivity index (χ0n) is 15.0. The van der Waals surface area contributed by atoms with Gasteiger partial charge in [0.05, 0.1) is 0 Å². The van der Waals surface area contributed by atoms with Crippen LogP contribution in [-0.4, -0.2) is 29.1 Å². The molecule has 1 saturated heterocycles. The molecular weight excluding hydrogens is 296 g/mol. The molecule has 0 atom stereocenters. The lowest BCUT2D eigenvalue weighted by Gasteiger charge is -2.32. The summed E-state index contributed by atoms with van der Waals surface area (Å²) in [4.78, 5) is 14.1. The summed E-state index contributed by atoms with van der Waals surface area (Å²) in [5, 5.41) is 0. The Hall–Kier alpha value is -2.10. The molecule has 1 aromatic carbocycles. The predicted molar refractivity (Wildman–Crippen MR) is 100 cm³/mol. The van der Waals surface area contributed by atoms with Gasteiger partial charge < -0.3 is 9.80 Å². The summed E-state index contributed by atoms with van der Waals surface area (Å²) in [7, 11) is 0. The number of hydrogen-bond acceptors (Lipinski definition) is 4. The maximum atomic E-state index is 4.88. The SMILES string of the molecule is CC1CCN(c2nccc(N(Cc3ccccc3)C(C)C)n2)CC1. The van der Waals surface area contributed by atoms with Crippen LogP contribution >= 0.6 is 0 Å². The minimum absolute atomic E-state index is 0.384. The van der Waals surface area contributed by atoms with E-state index < -0.39 is 0 Å². The Balaban J connectivity index is 1.79. The fourth-order valence-electron chi connectivity index (χ4n) is 3.17. The summed E-state index contributed by atoms with van der Waals surface area (Å²) in [5.74, 6) is 2.70. The summed E-state index contributed by atoms with van der Waals surface area (Å²) in [6.45, 7) is 9.75. The van der Waals surface area contributed by atoms with Crippen LogP contribution in [0.25, 0.3) is 0 Å². The highest BCUT2D eigenvalue weighted by Gasteiger charge is 2.20. The summed E-state index contributed by atoms with van der Waals surface area (Å²) in [6, 6.07) is 13.0. The van der Waals surface area contributed by atoms with Crippen molar-refractivity contribution in [3.63, 3.8) is 0 Å². The Morgan fingerprint density at radius 2 is 1.83 bits per heavy atom. The minimum atomic E-state index is 0.384. The van der Waals surface area contributed by atoms with Crippen molar-refractivity contribution in [3.8, 4) is 0 Å². The van der Waals surface area contributed by atoms with Crippen LogP contribution in [-0.2, 0) is 6.54 Å². The van der Waals surface area contributed by atoms with E-state index in [2.05, 4.69) is 65.9 Å². The molecule has 1 aliphatic rings. The Morgan fingerprint density at radius 1 is 1.12 bits per heavy atom. The number of piperidine rings is 1. The fraction of sp³-hybridized carbons (Fsp3) is 0.500. The molecule has 24 heavy (non-hydrogen) atoms. The second-order valence-electron chi connectivity index (χ2n) is 7.09. The number of nitrogens with zero attached hydrogens (tertiary/aromatic N) is 4. The third-order valence-corrected chi connectivity index (χ3v) is 4.81. The highest BCUT2D eigenvalue weighted by atomic mass is 15.3. The highest BCUT2D eigenvalue weighted by Crippen LogP contribution is 2.23. The van der Waals surface area contributed by atoms with Crippen LogP contribution < -0.4 is 9.80 Å². The van der Waals surface area contributed by atoms with E-state index in [0.29, 0.717) is 6.04 Å². The van der Waals surface area contributed by atoms with E-state index in [0.717, 1.165) is 37.3 Å². The van der Waals surface area contributed by atoms with Crippen LogP contribution in [0, 0.1) is 5.92 Å². The lowest BCUT2D eigenvalue weighted by Crippen LogP contribution is -2.35. The van der Waals surface area contributed by atoms with Crippen LogP contribution in [0.5, 0.6) is 0 Å². The average Bonchev–Trinajstić information content (AvgIpc) is 2.61. The minimum Gasteiger partial charge on any atom is -0.350 e. The number of anilines is 2. The molecule has 0 unspecified atom stereocenters. The van der Waals surface area contributed by atoms with E-state index in [1.54, 1.807) is 0 Å². The van der Waals surface area contributed by atoms with Gasteiger partial charge in [-0.15, -0.1) is 0 Å². The molecular formula is C20H28N4. The first-order valence-corrected chi connectivity index (χ1v) is 9.02. The molecule has 0 spiro atoms. The van der Waals surface area contributed by atoms with Gasteiger partial charge in [-0.25, -0.2) is 4.98 Å². The fourth-order valence-corrected chi connectivity index (χ4v) is 3.17. The third-order valence-electron chi connectivity index (χ3n) is 4.81. The van der Waals surface area contributed by atoms with Gasteiger partial charge in [-0.3, -0.25) is 0 Å². The molecule has 0 N–H and O–H groups in total. The molecule has 0 saturated carbocycles. The molecule has 4 heteroatoms. The van der Waals surface area contributed by atoms with Gasteiger partial charge in [-0.1, -0.05) is 37.3 Å². The summed E-state index contributed by atoms with van der Waals surface area (Å²) in [5.41, 5.74) is 1.30. The molecule has 4 nitrogen and oxygen atoms in total. The Morgan fingerprint density at radius 3 is 2.50 bits per heavy atom. The van der Waals surface area contributed by atoms with Crippen molar-refractivity contribution in [3.05, 3.63) is 48.2 Å². The van der Waals surface area contributed by atoms with Gasteiger partial charge in [0.25, 0.3) is 0 Å². The molecule has 2 heterocycles.